The Hall–Kier alpha value is -1.97. The smallest absolute Gasteiger partial charge is 0.274 e. The number of nitrogens with one attached hydrogen (secondary N) is 2. The van der Waals surface area contributed by atoms with Gasteiger partial charge >= 0.3 is 0 Å². The number of quaternary nitrogens is 1. The summed E-state index contributed by atoms with van der Waals surface area (Å²) in [7, 11) is 0. The molecule has 2 aliphatic rings. The standard InChI is InChI=1S/C18H27N7OS/c1-2-24-17(23-11-13-26-14-12-23)20-25(18(24)27)15-21-7-9-22(10-8-21)16-5-3-4-6-19-16/h3-6H,2,7-15H2,1H3/p+2. The lowest BCUT2D eigenvalue weighted by Gasteiger charge is -2.28. The molecule has 8 nitrogen and oxygen atoms in total. The molecule has 2 N–H and O–H groups in total. The lowest BCUT2D eigenvalue weighted by molar-refractivity contribution is -0.924. The number of piperazine rings is 1. The third-order valence-corrected chi connectivity index (χ3v) is 5.82. The van der Waals surface area contributed by atoms with E-state index < -0.39 is 0 Å². The molecule has 2 fully saturated rings. The van der Waals surface area contributed by atoms with Gasteiger partial charge in [-0.2, -0.15) is 4.68 Å². The van der Waals surface area contributed by atoms with E-state index in [0.717, 1.165) is 76.4 Å². The average molecular weight is 392 g/mol. The summed E-state index contributed by atoms with van der Waals surface area (Å²) in [5.74, 6) is 2.18. The minimum absolute atomic E-state index is 0.757. The number of hydrogen-bond donors (Lipinski definition) is 1. The van der Waals surface area contributed by atoms with Crippen LogP contribution >= 0.6 is 12.2 Å². The third kappa shape index (κ3) is 3.99. The van der Waals surface area contributed by atoms with Crippen LogP contribution in [0.15, 0.2) is 24.4 Å². The number of H-pyrrole nitrogens is 1. The van der Waals surface area contributed by atoms with Gasteiger partial charge in [-0.25, -0.2) is 4.98 Å². The van der Waals surface area contributed by atoms with E-state index >= 15 is 0 Å². The van der Waals surface area contributed by atoms with Crippen LogP contribution < -0.4 is 19.7 Å². The van der Waals surface area contributed by atoms with Gasteiger partial charge in [-0.1, -0.05) is 6.07 Å². The fraction of sp³-hybridized carbons (Fsp3) is 0.611. The number of ether oxygens (including phenoxy) is 1. The lowest BCUT2D eigenvalue weighted by atomic mass is 10.3. The van der Waals surface area contributed by atoms with Crippen molar-refractivity contribution in [2.45, 2.75) is 20.1 Å². The van der Waals surface area contributed by atoms with Crippen molar-refractivity contribution >= 4 is 24.0 Å². The molecular weight excluding hydrogens is 362 g/mol. The monoisotopic (exact) mass is 391 g/mol. The Balaban J connectivity index is 1.42. The van der Waals surface area contributed by atoms with Crippen LogP contribution in [-0.4, -0.2) is 66.8 Å². The SMILES string of the molecule is CCn1c(N2CCOCC2)nn(C[NH+]2CCN(c3cccc[nH+]3)CC2)c1=S. The van der Waals surface area contributed by atoms with E-state index in [1.165, 1.54) is 10.7 Å². The molecule has 2 aromatic heterocycles. The van der Waals surface area contributed by atoms with Crippen molar-refractivity contribution in [2.75, 3.05) is 62.3 Å². The van der Waals surface area contributed by atoms with Gasteiger partial charge < -0.3 is 14.5 Å². The molecule has 2 aliphatic heterocycles. The molecule has 9 heteroatoms. The van der Waals surface area contributed by atoms with Crippen LogP contribution in [0.1, 0.15) is 6.92 Å². The van der Waals surface area contributed by atoms with E-state index in [2.05, 4.69) is 38.4 Å². The molecule has 0 spiro atoms. The van der Waals surface area contributed by atoms with Gasteiger partial charge in [0.15, 0.2) is 6.67 Å². The van der Waals surface area contributed by atoms with E-state index in [4.69, 9.17) is 22.1 Å². The summed E-state index contributed by atoms with van der Waals surface area (Å²) in [5.41, 5.74) is 0. The molecule has 0 amide bonds. The van der Waals surface area contributed by atoms with Gasteiger partial charge in [-0.3, -0.25) is 9.47 Å². The predicted molar refractivity (Wildman–Crippen MR) is 106 cm³/mol. The fourth-order valence-electron chi connectivity index (χ4n) is 3.82. The van der Waals surface area contributed by atoms with Gasteiger partial charge in [-0.15, -0.1) is 5.10 Å². The highest BCUT2D eigenvalue weighted by Gasteiger charge is 2.27. The Morgan fingerprint density at radius 3 is 2.59 bits per heavy atom. The normalized spacial score (nSPS) is 18.9. The molecular formula is C18H29N7OS+2. The van der Waals surface area contributed by atoms with Crippen molar-refractivity contribution in [1.82, 2.24) is 14.3 Å². The lowest BCUT2D eigenvalue weighted by Crippen LogP contribution is -3.14. The number of aromatic nitrogens is 4. The van der Waals surface area contributed by atoms with Crippen molar-refractivity contribution in [3.63, 3.8) is 0 Å². The molecule has 0 unspecified atom stereocenters. The molecule has 2 aromatic rings. The number of anilines is 2. The van der Waals surface area contributed by atoms with Crippen LogP contribution in [0.4, 0.5) is 11.8 Å². The van der Waals surface area contributed by atoms with E-state index in [-0.39, 0.29) is 0 Å². The highest BCUT2D eigenvalue weighted by atomic mass is 32.1. The van der Waals surface area contributed by atoms with E-state index in [0.29, 0.717) is 0 Å². The Morgan fingerprint density at radius 1 is 1.15 bits per heavy atom. The zero-order chi connectivity index (χ0) is 18.6. The first-order valence-corrected chi connectivity index (χ1v) is 10.2. The van der Waals surface area contributed by atoms with Crippen LogP contribution in [0, 0.1) is 4.77 Å². The van der Waals surface area contributed by atoms with Crippen LogP contribution in [0.2, 0.25) is 0 Å². The molecule has 0 saturated carbocycles. The van der Waals surface area contributed by atoms with Crippen LogP contribution in [-0.2, 0) is 18.0 Å². The summed E-state index contributed by atoms with van der Waals surface area (Å²) < 4.78 is 10.5. The second-order valence-electron chi connectivity index (χ2n) is 7.07. The first-order chi connectivity index (χ1) is 13.3. The third-order valence-electron chi connectivity index (χ3n) is 5.39. The maximum absolute atomic E-state index is 5.73. The molecule has 146 valence electrons. The quantitative estimate of drug-likeness (QED) is 0.693. The number of rotatable bonds is 5. The van der Waals surface area contributed by atoms with Gasteiger partial charge in [-0.05, 0) is 25.2 Å². The summed E-state index contributed by atoms with van der Waals surface area (Å²) in [6.07, 6.45) is 1.98. The Bertz CT molecular complexity index is 792. The van der Waals surface area contributed by atoms with Crippen molar-refractivity contribution in [1.29, 1.82) is 0 Å². The number of hydrogen-bond acceptors (Lipinski definition) is 5. The Morgan fingerprint density at radius 2 is 1.93 bits per heavy atom. The van der Waals surface area contributed by atoms with Crippen molar-refractivity contribution in [2.24, 2.45) is 0 Å². The van der Waals surface area contributed by atoms with Gasteiger partial charge in [0.25, 0.3) is 5.82 Å². The van der Waals surface area contributed by atoms with E-state index in [1.54, 1.807) is 0 Å². The predicted octanol–water partition coefficient (Wildman–Crippen LogP) is -0.553. The van der Waals surface area contributed by atoms with Gasteiger partial charge in [0, 0.05) is 25.7 Å². The molecule has 2 saturated heterocycles. The highest BCUT2D eigenvalue weighted by molar-refractivity contribution is 7.71. The molecule has 0 aliphatic carbocycles. The summed E-state index contributed by atoms with van der Waals surface area (Å²) >= 11 is 5.73. The first kappa shape index (κ1) is 18.4. The average Bonchev–Trinajstić information content (AvgIpc) is 3.05. The molecule has 0 aromatic carbocycles. The molecule has 4 rings (SSSR count). The van der Waals surface area contributed by atoms with E-state index in [9.17, 15) is 0 Å². The van der Waals surface area contributed by atoms with Gasteiger partial charge in [0.1, 0.15) is 26.2 Å². The van der Waals surface area contributed by atoms with Gasteiger partial charge in [0.2, 0.25) is 10.7 Å². The number of aromatic amines is 1. The van der Waals surface area contributed by atoms with Crippen molar-refractivity contribution in [3.05, 3.63) is 29.2 Å². The van der Waals surface area contributed by atoms with Crippen molar-refractivity contribution in [3.8, 4) is 0 Å². The van der Waals surface area contributed by atoms with Crippen molar-refractivity contribution < 1.29 is 14.6 Å². The summed E-state index contributed by atoms with van der Waals surface area (Å²) in [5, 5.41) is 4.88. The topological polar surface area (TPSA) is 57.0 Å². The molecule has 4 heterocycles. The summed E-state index contributed by atoms with van der Waals surface area (Å²) in [6, 6.07) is 6.23. The first-order valence-electron chi connectivity index (χ1n) is 9.82. The molecule has 0 radical (unpaired) electrons. The number of pyridine rings is 1. The molecule has 27 heavy (non-hydrogen) atoms. The minimum atomic E-state index is 0.757. The largest absolute Gasteiger partial charge is 0.378 e. The zero-order valence-corrected chi connectivity index (χ0v) is 16.7. The minimum Gasteiger partial charge on any atom is -0.378 e. The zero-order valence-electron chi connectivity index (χ0n) is 15.9. The Kier molecular flexibility index (Phi) is 5.70. The van der Waals surface area contributed by atoms with E-state index in [1.807, 2.05) is 16.9 Å². The maximum atomic E-state index is 5.73. The molecule has 0 bridgehead atoms. The molecule has 0 atom stereocenters. The Labute approximate surface area is 164 Å². The van der Waals surface area contributed by atoms with Gasteiger partial charge in [0.05, 0.1) is 19.4 Å². The summed E-state index contributed by atoms with van der Waals surface area (Å²) in [4.78, 5) is 9.55. The number of nitrogens with zero attached hydrogens (tertiary/aromatic N) is 5. The van der Waals surface area contributed by atoms with Crippen LogP contribution in [0.3, 0.4) is 0 Å². The second kappa shape index (κ2) is 8.37. The fourth-order valence-corrected chi connectivity index (χ4v) is 4.14. The highest BCUT2D eigenvalue weighted by Crippen LogP contribution is 2.14. The second-order valence-corrected chi connectivity index (χ2v) is 7.43. The maximum Gasteiger partial charge on any atom is 0.274 e. The van der Waals surface area contributed by atoms with Crippen LogP contribution in [0.5, 0.6) is 0 Å². The van der Waals surface area contributed by atoms with Crippen LogP contribution in [0.25, 0.3) is 0 Å². The number of morpholine rings is 1. The summed E-state index contributed by atoms with van der Waals surface area (Å²) in [6.45, 7) is 11.3.